The first kappa shape index (κ1) is 13.1. The van der Waals surface area contributed by atoms with E-state index in [4.69, 9.17) is 0 Å². The third kappa shape index (κ3) is 2.57. The van der Waals surface area contributed by atoms with Gasteiger partial charge in [-0.2, -0.15) is 0 Å². The van der Waals surface area contributed by atoms with E-state index in [1.54, 1.807) is 0 Å². The maximum Gasteiger partial charge on any atom is 0.164 e. The predicted octanol–water partition coefficient (Wildman–Crippen LogP) is 3.31. The van der Waals surface area contributed by atoms with Crippen LogP contribution in [0.3, 0.4) is 0 Å². The third-order valence-corrected chi connectivity index (χ3v) is 3.88. The van der Waals surface area contributed by atoms with E-state index >= 15 is 0 Å². The molecule has 0 aliphatic carbocycles. The van der Waals surface area contributed by atoms with Gasteiger partial charge in [-0.05, 0) is 19.9 Å². The molecule has 5 heteroatoms. The molecule has 0 saturated carbocycles. The van der Waals surface area contributed by atoms with Crippen LogP contribution < -0.4 is 0 Å². The number of hydrogen-bond acceptors (Lipinski definition) is 3. The van der Waals surface area contributed by atoms with E-state index < -0.39 is 17.7 Å². The van der Waals surface area contributed by atoms with Crippen molar-refractivity contribution in [3.05, 3.63) is 51.0 Å². The summed E-state index contributed by atoms with van der Waals surface area (Å²) in [4.78, 5) is 5.34. The normalized spacial score (nSPS) is 12.7. The predicted molar refractivity (Wildman–Crippen MR) is 66.6 cm³/mol. The van der Waals surface area contributed by atoms with Crippen LogP contribution in [0.25, 0.3) is 0 Å². The summed E-state index contributed by atoms with van der Waals surface area (Å²) in [6.07, 6.45) is -0.884. The Labute approximate surface area is 108 Å². The van der Waals surface area contributed by atoms with Gasteiger partial charge in [0.25, 0.3) is 0 Å². The molecular formula is C13H13F2NOS. The van der Waals surface area contributed by atoms with Crippen LogP contribution in [0.4, 0.5) is 8.78 Å². The highest BCUT2D eigenvalue weighted by Crippen LogP contribution is 2.25. The Morgan fingerprint density at radius 3 is 2.67 bits per heavy atom. The number of aryl methyl sites for hydroxylation is 2. The van der Waals surface area contributed by atoms with Crippen molar-refractivity contribution in [1.29, 1.82) is 0 Å². The minimum atomic E-state index is -1.08. The van der Waals surface area contributed by atoms with E-state index in [-0.39, 0.29) is 12.0 Å². The van der Waals surface area contributed by atoms with Crippen molar-refractivity contribution in [1.82, 2.24) is 4.98 Å². The minimum absolute atomic E-state index is 0.0273. The molecule has 0 aliphatic heterocycles. The Morgan fingerprint density at radius 2 is 2.06 bits per heavy atom. The van der Waals surface area contributed by atoms with Crippen LogP contribution in [-0.2, 0) is 6.42 Å². The lowest BCUT2D eigenvalue weighted by Gasteiger charge is -2.10. The van der Waals surface area contributed by atoms with Gasteiger partial charge in [-0.25, -0.2) is 13.8 Å². The highest BCUT2D eigenvalue weighted by Gasteiger charge is 2.18. The van der Waals surface area contributed by atoms with Crippen LogP contribution >= 0.6 is 11.3 Å². The maximum atomic E-state index is 13.5. The second-order valence-electron chi connectivity index (χ2n) is 4.11. The monoisotopic (exact) mass is 269 g/mol. The molecule has 0 spiro atoms. The van der Waals surface area contributed by atoms with Crippen molar-refractivity contribution in [2.24, 2.45) is 0 Å². The highest BCUT2D eigenvalue weighted by atomic mass is 32.1. The summed E-state index contributed by atoms with van der Waals surface area (Å²) < 4.78 is 26.5. The number of benzene rings is 1. The van der Waals surface area contributed by atoms with Gasteiger partial charge in [0.15, 0.2) is 11.6 Å². The summed E-state index contributed by atoms with van der Waals surface area (Å²) in [6, 6.07) is 3.80. The van der Waals surface area contributed by atoms with Crippen molar-refractivity contribution in [3.63, 3.8) is 0 Å². The zero-order valence-corrected chi connectivity index (χ0v) is 10.9. The highest BCUT2D eigenvalue weighted by molar-refractivity contribution is 7.11. The Hall–Kier alpha value is -1.33. The topological polar surface area (TPSA) is 33.1 Å². The van der Waals surface area contributed by atoms with E-state index in [0.717, 1.165) is 21.6 Å². The first-order chi connectivity index (χ1) is 8.49. The number of hydrogen-bond donors (Lipinski definition) is 1. The Kier molecular flexibility index (Phi) is 3.73. The van der Waals surface area contributed by atoms with Crippen LogP contribution in [-0.4, -0.2) is 10.1 Å². The van der Waals surface area contributed by atoms with Gasteiger partial charge >= 0.3 is 0 Å². The van der Waals surface area contributed by atoms with Crippen LogP contribution in [0.1, 0.15) is 27.2 Å². The molecule has 0 amide bonds. The smallest absolute Gasteiger partial charge is 0.164 e. The van der Waals surface area contributed by atoms with Gasteiger partial charge in [-0.1, -0.05) is 12.1 Å². The van der Waals surface area contributed by atoms with Gasteiger partial charge in [0.05, 0.1) is 16.8 Å². The van der Waals surface area contributed by atoms with Gasteiger partial charge in [0.2, 0.25) is 0 Å². The first-order valence-electron chi connectivity index (χ1n) is 5.54. The van der Waals surface area contributed by atoms with E-state index in [9.17, 15) is 13.9 Å². The van der Waals surface area contributed by atoms with E-state index in [2.05, 4.69) is 4.98 Å². The molecular weight excluding hydrogens is 256 g/mol. The second-order valence-corrected chi connectivity index (χ2v) is 5.40. The fraction of sp³-hybridized carbons (Fsp3) is 0.308. The van der Waals surface area contributed by atoms with Crippen molar-refractivity contribution >= 4 is 11.3 Å². The molecule has 18 heavy (non-hydrogen) atoms. The Bertz CT molecular complexity index is 549. The van der Waals surface area contributed by atoms with Crippen molar-refractivity contribution in [2.45, 2.75) is 26.4 Å². The molecule has 1 atom stereocenters. The van der Waals surface area contributed by atoms with E-state index in [1.807, 2.05) is 13.8 Å². The fourth-order valence-corrected chi connectivity index (χ4v) is 2.65. The number of halogens is 2. The van der Waals surface area contributed by atoms with Gasteiger partial charge in [-0.3, -0.25) is 0 Å². The van der Waals surface area contributed by atoms with Crippen molar-refractivity contribution < 1.29 is 13.9 Å². The van der Waals surface area contributed by atoms with Gasteiger partial charge in [-0.15, -0.1) is 11.3 Å². The van der Waals surface area contributed by atoms with E-state index in [0.29, 0.717) is 0 Å². The molecule has 2 nitrogen and oxygen atoms in total. The summed E-state index contributed by atoms with van der Waals surface area (Å²) in [5.41, 5.74) is 0.877. The number of nitrogens with zero attached hydrogens (tertiary/aromatic N) is 1. The largest absolute Gasteiger partial charge is 0.388 e. The number of rotatable bonds is 3. The summed E-state index contributed by atoms with van der Waals surface area (Å²) in [6.45, 7) is 3.82. The van der Waals surface area contributed by atoms with Gasteiger partial charge in [0, 0.05) is 16.9 Å². The molecule has 1 heterocycles. The minimum Gasteiger partial charge on any atom is -0.388 e. The zero-order chi connectivity index (χ0) is 13.3. The maximum absolute atomic E-state index is 13.5. The van der Waals surface area contributed by atoms with Crippen molar-refractivity contribution in [2.75, 3.05) is 0 Å². The lowest BCUT2D eigenvalue weighted by molar-refractivity contribution is 0.172. The molecule has 1 aromatic carbocycles. The van der Waals surface area contributed by atoms with Crippen molar-refractivity contribution in [3.8, 4) is 0 Å². The number of aromatic nitrogens is 1. The summed E-state index contributed by atoms with van der Waals surface area (Å²) >= 11 is 1.46. The molecule has 0 fully saturated rings. The lowest BCUT2D eigenvalue weighted by Crippen LogP contribution is -2.05. The van der Waals surface area contributed by atoms with Gasteiger partial charge in [0.1, 0.15) is 0 Å². The zero-order valence-electron chi connectivity index (χ0n) is 10.1. The molecule has 1 N–H and O–H groups in total. The standard InChI is InChI=1S/C13H13F2NOS/c1-7-8(2)18-12(16-7)6-11(17)9-4-3-5-10(14)13(9)15/h3-5,11,17H,6H2,1-2H3. The average molecular weight is 269 g/mol. The molecule has 0 bridgehead atoms. The van der Waals surface area contributed by atoms with Gasteiger partial charge < -0.3 is 5.11 Å². The second kappa shape index (κ2) is 5.12. The van der Waals surface area contributed by atoms with Crippen LogP contribution in [0, 0.1) is 25.5 Å². The molecule has 2 rings (SSSR count). The first-order valence-corrected chi connectivity index (χ1v) is 6.35. The average Bonchev–Trinajstić information content (AvgIpc) is 2.61. The molecule has 0 radical (unpaired) electrons. The van der Waals surface area contributed by atoms with Crippen LogP contribution in [0.15, 0.2) is 18.2 Å². The molecule has 0 saturated heterocycles. The molecule has 1 unspecified atom stereocenters. The SMILES string of the molecule is Cc1nc(CC(O)c2cccc(F)c2F)sc1C. The molecule has 1 aromatic heterocycles. The summed E-state index contributed by atoms with van der Waals surface area (Å²) in [5, 5.41) is 10.7. The third-order valence-electron chi connectivity index (χ3n) is 2.78. The molecule has 0 aliphatic rings. The molecule has 96 valence electrons. The number of aliphatic hydroxyl groups excluding tert-OH is 1. The van der Waals surface area contributed by atoms with Crippen LogP contribution in [0.2, 0.25) is 0 Å². The fourth-order valence-electron chi connectivity index (χ4n) is 1.68. The number of thiazole rings is 1. The molecule has 2 aromatic rings. The Morgan fingerprint density at radius 1 is 1.33 bits per heavy atom. The Balaban J connectivity index is 2.21. The van der Waals surface area contributed by atoms with E-state index in [1.165, 1.54) is 23.5 Å². The van der Waals surface area contributed by atoms with Crippen LogP contribution in [0.5, 0.6) is 0 Å². The lowest BCUT2D eigenvalue weighted by atomic mass is 10.1. The summed E-state index contributed by atoms with van der Waals surface area (Å²) in [7, 11) is 0. The quantitative estimate of drug-likeness (QED) is 0.927. The summed E-state index contributed by atoms with van der Waals surface area (Å²) in [5.74, 6) is -1.94. The number of aliphatic hydroxyl groups is 1.